The van der Waals surface area contributed by atoms with E-state index < -0.39 is 0 Å². The van der Waals surface area contributed by atoms with Gasteiger partial charge in [-0.15, -0.1) is 0 Å². The molecule has 12 heavy (non-hydrogen) atoms. The average molecular weight is 162 g/mol. The topological polar surface area (TPSA) is 49.9 Å². The first-order valence-corrected chi connectivity index (χ1v) is 3.99. The Bertz CT molecular complexity index is 303. The van der Waals surface area contributed by atoms with Crippen LogP contribution in [0.3, 0.4) is 0 Å². The lowest BCUT2D eigenvalue weighted by atomic mass is 10.0. The molecule has 1 aromatic carbocycles. The van der Waals surface area contributed by atoms with Crippen LogP contribution in [0.15, 0.2) is 18.2 Å². The SMILES string of the molecule is Cc1cccc(CC(=N)N)c1C. The molecule has 2 heteroatoms. The molecule has 0 atom stereocenters. The average Bonchev–Trinajstić information content (AvgIpc) is 1.98. The first-order valence-electron chi connectivity index (χ1n) is 3.99. The third kappa shape index (κ3) is 1.84. The zero-order valence-corrected chi connectivity index (χ0v) is 7.52. The summed E-state index contributed by atoms with van der Waals surface area (Å²) in [5.41, 5.74) is 8.98. The van der Waals surface area contributed by atoms with Crippen LogP contribution in [0.1, 0.15) is 16.7 Å². The van der Waals surface area contributed by atoms with Crippen LogP contribution in [0.4, 0.5) is 0 Å². The number of hydrogen-bond acceptors (Lipinski definition) is 1. The molecule has 0 radical (unpaired) electrons. The Morgan fingerprint density at radius 3 is 2.67 bits per heavy atom. The first kappa shape index (κ1) is 8.78. The van der Waals surface area contributed by atoms with Gasteiger partial charge in [-0.05, 0) is 30.5 Å². The van der Waals surface area contributed by atoms with Crippen molar-refractivity contribution in [2.24, 2.45) is 5.73 Å². The van der Waals surface area contributed by atoms with E-state index in [0.29, 0.717) is 6.42 Å². The molecule has 1 rings (SSSR count). The van der Waals surface area contributed by atoms with Gasteiger partial charge in [-0.1, -0.05) is 18.2 Å². The molecule has 0 unspecified atom stereocenters. The van der Waals surface area contributed by atoms with Crippen LogP contribution in [0.2, 0.25) is 0 Å². The molecule has 0 saturated carbocycles. The number of hydrogen-bond donors (Lipinski definition) is 2. The highest BCUT2D eigenvalue weighted by Gasteiger charge is 2.00. The van der Waals surface area contributed by atoms with Crippen LogP contribution in [-0.4, -0.2) is 5.84 Å². The monoisotopic (exact) mass is 162 g/mol. The van der Waals surface area contributed by atoms with E-state index in [-0.39, 0.29) is 5.84 Å². The van der Waals surface area contributed by atoms with Crippen molar-refractivity contribution in [3.05, 3.63) is 34.9 Å². The summed E-state index contributed by atoms with van der Waals surface area (Å²) < 4.78 is 0. The van der Waals surface area contributed by atoms with E-state index in [1.807, 2.05) is 12.1 Å². The van der Waals surface area contributed by atoms with Crippen LogP contribution in [-0.2, 0) is 6.42 Å². The summed E-state index contributed by atoms with van der Waals surface area (Å²) >= 11 is 0. The van der Waals surface area contributed by atoms with Crippen molar-refractivity contribution >= 4 is 5.84 Å². The van der Waals surface area contributed by atoms with Crippen molar-refractivity contribution < 1.29 is 0 Å². The minimum Gasteiger partial charge on any atom is -0.387 e. The minimum atomic E-state index is 0.226. The van der Waals surface area contributed by atoms with Crippen LogP contribution >= 0.6 is 0 Å². The van der Waals surface area contributed by atoms with Gasteiger partial charge in [-0.25, -0.2) is 0 Å². The fraction of sp³-hybridized carbons (Fsp3) is 0.300. The second-order valence-electron chi connectivity index (χ2n) is 3.06. The number of nitrogens with one attached hydrogen (secondary N) is 1. The molecule has 0 fully saturated rings. The van der Waals surface area contributed by atoms with Gasteiger partial charge in [0.2, 0.25) is 0 Å². The lowest BCUT2D eigenvalue weighted by Crippen LogP contribution is -2.13. The summed E-state index contributed by atoms with van der Waals surface area (Å²) in [4.78, 5) is 0. The molecule has 0 heterocycles. The fourth-order valence-corrected chi connectivity index (χ4v) is 1.21. The van der Waals surface area contributed by atoms with E-state index >= 15 is 0 Å². The Kier molecular flexibility index (Phi) is 2.48. The van der Waals surface area contributed by atoms with Crippen molar-refractivity contribution in [3.8, 4) is 0 Å². The molecular weight excluding hydrogens is 148 g/mol. The molecule has 64 valence electrons. The van der Waals surface area contributed by atoms with Crippen LogP contribution in [0, 0.1) is 19.3 Å². The highest BCUT2D eigenvalue weighted by molar-refractivity contribution is 5.79. The molecule has 0 spiro atoms. The zero-order chi connectivity index (χ0) is 9.14. The molecular formula is C10H14N2. The Labute approximate surface area is 72.9 Å². The molecule has 0 bridgehead atoms. The Hall–Kier alpha value is -1.31. The number of benzene rings is 1. The van der Waals surface area contributed by atoms with Crippen LogP contribution in [0.25, 0.3) is 0 Å². The van der Waals surface area contributed by atoms with Gasteiger partial charge in [0, 0.05) is 6.42 Å². The summed E-state index contributed by atoms with van der Waals surface area (Å²) in [6.07, 6.45) is 0.563. The largest absolute Gasteiger partial charge is 0.387 e. The summed E-state index contributed by atoms with van der Waals surface area (Å²) in [5.74, 6) is 0.226. The van der Waals surface area contributed by atoms with Crippen molar-refractivity contribution in [1.82, 2.24) is 0 Å². The molecule has 0 saturated heterocycles. The van der Waals surface area contributed by atoms with Crippen molar-refractivity contribution in [2.45, 2.75) is 20.3 Å². The maximum Gasteiger partial charge on any atom is 0.0950 e. The zero-order valence-electron chi connectivity index (χ0n) is 7.52. The van der Waals surface area contributed by atoms with Crippen LogP contribution < -0.4 is 5.73 Å². The van der Waals surface area contributed by atoms with E-state index in [0.717, 1.165) is 5.56 Å². The normalized spacial score (nSPS) is 9.83. The van der Waals surface area contributed by atoms with E-state index in [1.165, 1.54) is 11.1 Å². The molecule has 0 aliphatic carbocycles. The van der Waals surface area contributed by atoms with Gasteiger partial charge in [0.1, 0.15) is 0 Å². The van der Waals surface area contributed by atoms with E-state index in [9.17, 15) is 0 Å². The predicted octanol–water partition coefficient (Wildman–Crippen LogP) is 1.78. The third-order valence-electron chi connectivity index (χ3n) is 2.10. The molecule has 1 aromatic rings. The Morgan fingerprint density at radius 1 is 1.42 bits per heavy atom. The van der Waals surface area contributed by atoms with Gasteiger partial charge >= 0.3 is 0 Å². The third-order valence-corrected chi connectivity index (χ3v) is 2.10. The Balaban J connectivity index is 3.00. The molecule has 2 nitrogen and oxygen atoms in total. The molecule has 3 N–H and O–H groups in total. The van der Waals surface area contributed by atoms with E-state index in [4.69, 9.17) is 11.1 Å². The maximum atomic E-state index is 7.18. The number of amidine groups is 1. The number of aryl methyl sites for hydroxylation is 1. The number of rotatable bonds is 2. The lowest BCUT2D eigenvalue weighted by molar-refractivity contribution is 1.18. The smallest absolute Gasteiger partial charge is 0.0950 e. The minimum absolute atomic E-state index is 0.226. The van der Waals surface area contributed by atoms with E-state index in [1.54, 1.807) is 0 Å². The molecule has 0 aromatic heterocycles. The number of nitrogens with two attached hydrogens (primary N) is 1. The molecule has 0 amide bonds. The van der Waals surface area contributed by atoms with E-state index in [2.05, 4.69) is 19.9 Å². The highest BCUT2D eigenvalue weighted by Crippen LogP contribution is 2.12. The molecule has 0 aliphatic rings. The highest BCUT2D eigenvalue weighted by atomic mass is 14.7. The van der Waals surface area contributed by atoms with Gasteiger partial charge in [0.25, 0.3) is 0 Å². The predicted molar refractivity (Wildman–Crippen MR) is 51.5 cm³/mol. The van der Waals surface area contributed by atoms with Crippen molar-refractivity contribution in [3.63, 3.8) is 0 Å². The summed E-state index contributed by atoms with van der Waals surface area (Å²) in [7, 11) is 0. The van der Waals surface area contributed by atoms with Gasteiger partial charge < -0.3 is 5.73 Å². The second-order valence-corrected chi connectivity index (χ2v) is 3.06. The van der Waals surface area contributed by atoms with Crippen LogP contribution in [0.5, 0.6) is 0 Å². The summed E-state index contributed by atoms with van der Waals surface area (Å²) in [6.45, 7) is 4.13. The quantitative estimate of drug-likeness (QED) is 0.505. The maximum absolute atomic E-state index is 7.18. The lowest BCUT2D eigenvalue weighted by Gasteiger charge is -2.06. The van der Waals surface area contributed by atoms with Crippen molar-refractivity contribution in [1.29, 1.82) is 5.41 Å². The summed E-state index contributed by atoms with van der Waals surface area (Å²) in [6, 6.07) is 6.09. The molecule has 0 aliphatic heterocycles. The summed E-state index contributed by atoms with van der Waals surface area (Å²) in [5, 5.41) is 7.18. The van der Waals surface area contributed by atoms with Crippen molar-refractivity contribution in [2.75, 3.05) is 0 Å². The standard InChI is InChI=1S/C10H14N2/c1-7-4-3-5-9(8(7)2)6-10(11)12/h3-5H,6H2,1-2H3,(H3,11,12). The second kappa shape index (κ2) is 3.39. The van der Waals surface area contributed by atoms with Gasteiger partial charge in [0.05, 0.1) is 5.84 Å². The van der Waals surface area contributed by atoms with Gasteiger partial charge in [-0.3, -0.25) is 5.41 Å². The van der Waals surface area contributed by atoms with Gasteiger partial charge in [-0.2, -0.15) is 0 Å². The Morgan fingerprint density at radius 2 is 2.08 bits per heavy atom. The van der Waals surface area contributed by atoms with Gasteiger partial charge in [0.15, 0.2) is 0 Å². The fourth-order valence-electron chi connectivity index (χ4n) is 1.21. The first-order chi connectivity index (χ1) is 5.61.